The summed E-state index contributed by atoms with van der Waals surface area (Å²) in [5, 5.41) is 0.548. The molecule has 0 spiro atoms. The van der Waals surface area contributed by atoms with Crippen LogP contribution in [0, 0.1) is 0 Å². The maximum atomic E-state index is 11.9. The second-order valence-electron chi connectivity index (χ2n) is 3.75. The van der Waals surface area contributed by atoms with E-state index in [4.69, 9.17) is 16.3 Å². The van der Waals surface area contributed by atoms with Crippen molar-refractivity contribution in [1.29, 1.82) is 0 Å². The van der Waals surface area contributed by atoms with Gasteiger partial charge in [-0.3, -0.25) is 0 Å². The molecule has 0 unspecified atom stereocenters. The molecule has 0 N–H and O–H groups in total. The van der Waals surface area contributed by atoms with Crippen LogP contribution in [0.5, 0.6) is 0 Å². The van der Waals surface area contributed by atoms with Crippen molar-refractivity contribution in [2.24, 2.45) is 0 Å². The Morgan fingerprint density at radius 3 is 2.50 bits per heavy atom. The van der Waals surface area contributed by atoms with Gasteiger partial charge in [-0.15, -0.1) is 0 Å². The van der Waals surface area contributed by atoms with E-state index in [2.05, 4.69) is 0 Å². The Morgan fingerprint density at radius 2 is 1.83 bits per heavy atom. The molecule has 0 bridgehead atoms. The van der Waals surface area contributed by atoms with E-state index in [1.54, 1.807) is 25.1 Å². The molecule has 0 aliphatic rings. The van der Waals surface area contributed by atoms with Crippen molar-refractivity contribution in [1.82, 2.24) is 0 Å². The number of esters is 1. The molecule has 92 valence electrons. The lowest BCUT2D eigenvalue weighted by molar-refractivity contribution is 0.0527. The van der Waals surface area contributed by atoms with Gasteiger partial charge in [0.2, 0.25) is 0 Å². The highest BCUT2D eigenvalue weighted by Crippen LogP contribution is 2.31. The molecule has 2 aromatic rings. The number of hydrogen-bond donors (Lipinski definition) is 0. The summed E-state index contributed by atoms with van der Waals surface area (Å²) in [4.78, 5) is 11.9. The quantitative estimate of drug-likeness (QED) is 0.774. The molecule has 2 nitrogen and oxygen atoms in total. The van der Waals surface area contributed by atoms with E-state index in [-0.39, 0.29) is 5.97 Å². The molecule has 0 aliphatic heterocycles. The fourth-order valence-electron chi connectivity index (χ4n) is 1.80. The van der Waals surface area contributed by atoms with Gasteiger partial charge in [-0.05, 0) is 24.6 Å². The molecule has 0 heterocycles. The lowest BCUT2D eigenvalue weighted by Crippen LogP contribution is -2.06. The zero-order valence-electron chi connectivity index (χ0n) is 10.0. The normalized spacial score (nSPS) is 10.1. The van der Waals surface area contributed by atoms with Gasteiger partial charge in [0.05, 0.1) is 12.2 Å². The van der Waals surface area contributed by atoms with Crippen LogP contribution in [0.15, 0.2) is 48.5 Å². The maximum absolute atomic E-state index is 11.9. The van der Waals surface area contributed by atoms with Gasteiger partial charge in [-0.2, -0.15) is 0 Å². The summed E-state index contributed by atoms with van der Waals surface area (Å²) in [7, 11) is 0. The van der Waals surface area contributed by atoms with Crippen LogP contribution in [0.2, 0.25) is 5.02 Å². The van der Waals surface area contributed by atoms with Gasteiger partial charge < -0.3 is 4.74 Å². The van der Waals surface area contributed by atoms with Crippen LogP contribution >= 0.6 is 11.6 Å². The van der Waals surface area contributed by atoms with Crippen LogP contribution in [0.1, 0.15) is 17.3 Å². The fourth-order valence-corrected chi connectivity index (χ4v) is 2.08. The summed E-state index contributed by atoms with van der Waals surface area (Å²) >= 11 is 6.20. The molecule has 2 aromatic carbocycles. The summed E-state index contributed by atoms with van der Waals surface area (Å²) < 4.78 is 5.05. The highest BCUT2D eigenvalue weighted by atomic mass is 35.5. The minimum absolute atomic E-state index is 0.347. The molecule has 3 heteroatoms. The number of rotatable bonds is 3. The highest BCUT2D eigenvalue weighted by Gasteiger charge is 2.16. The lowest BCUT2D eigenvalue weighted by atomic mass is 10.00. The van der Waals surface area contributed by atoms with Crippen molar-refractivity contribution in [2.75, 3.05) is 6.61 Å². The molecule has 0 radical (unpaired) electrons. The minimum atomic E-state index is -0.348. The third kappa shape index (κ3) is 2.54. The van der Waals surface area contributed by atoms with E-state index in [1.165, 1.54) is 0 Å². The van der Waals surface area contributed by atoms with Crippen LogP contribution in [-0.2, 0) is 4.74 Å². The molecule has 0 aromatic heterocycles. The van der Waals surface area contributed by atoms with E-state index < -0.39 is 0 Å². The van der Waals surface area contributed by atoms with Crippen molar-refractivity contribution in [3.63, 3.8) is 0 Å². The largest absolute Gasteiger partial charge is 0.462 e. The smallest absolute Gasteiger partial charge is 0.338 e. The second-order valence-corrected chi connectivity index (χ2v) is 4.16. The van der Waals surface area contributed by atoms with Crippen LogP contribution in [0.3, 0.4) is 0 Å². The van der Waals surface area contributed by atoms with Gasteiger partial charge >= 0.3 is 5.97 Å². The Morgan fingerprint density at radius 1 is 1.11 bits per heavy atom. The van der Waals surface area contributed by atoms with E-state index in [0.717, 1.165) is 11.1 Å². The average Bonchev–Trinajstić information content (AvgIpc) is 2.39. The van der Waals surface area contributed by atoms with Gasteiger partial charge in [0, 0.05) is 10.6 Å². The molecule has 0 fully saturated rings. The fraction of sp³-hybridized carbons (Fsp3) is 0.133. The first kappa shape index (κ1) is 12.7. The summed E-state index contributed by atoms with van der Waals surface area (Å²) in [6.07, 6.45) is 0. The van der Waals surface area contributed by atoms with Crippen molar-refractivity contribution in [2.45, 2.75) is 6.92 Å². The van der Waals surface area contributed by atoms with Gasteiger partial charge in [0.1, 0.15) is 0 Å². The Bertz CT molecular complexity index is 550. The minimum Gasteiger partial charge on any atom is -0.462 e. The van der Waals surface area contributed by atoms with Crippen molar-refractivity contribution in [3.05, 3.63) is 59.1 Å². The monoisotopic (exact) mass is 260 g/mol. The Hall–Kier alpha value is -1.80. The zero-order chi connectivity index (χ0) is 13.0. The number of hydrogen-bond acceptors (Lipinski definition) is 2. The number of halogens is 1. The van der Waals surface area contributed by atoms with Crippen molar-refractivity contribution in [3.8, 4) is 11.1 Å². The lowest BCUT2D eigenvalue weighted by Gasteiger charge is -2.10. The van der Waals surface area contributed by atoms with E-state index >= 15 is 0 Å². The predicted molar refractivity (Wildman–Crippen MR) is 72.8 cm³/mol. The first-order chi connectivity index (χ1) is 8.74. The van der Waals surface area contributed by atoms with Gasteiger partial charge in [0.15, 0.2) is 0 Å². The van der Waals surface area contributed by atoms with Crippen LogP contribution < -0.4 is 0 Å². The summed E-state index contributed by atoms with van der Waals surface area (Å²) in [6.45, 7) is 2.13. The third-order valence-corrected chi connectivity index (χ3v) is 2.89. The first-order valence-corrected chi connectivity index (χ1v) is 6.13. The molecule has 0 amide bonds. The highest BCUT2D eigenvalue weighted by molar-refractivity contribution is 6.34. The Labute approximate surface area is 111 Å². The topological polar surface area (TPSA) is 26.3 Å². The summed E-state index contributed by atoms with van der Waals surface area (Å²) in [5.41, 5.74) is 2.12. The summed E-state index contributed by atoms with van der Waals surface area (Å²) in [6, 6.07) is 14.8. The van der Waals surface area contributed by atoms with E-state index in [9.17, 15) is 4.79 Å². The van der Waals surface area contributed by atoms with Crippen molar-refractivity contribution >= 4 is 17.6 Å². The van der Waals surface area contributed by atoms with E-state index in [1.807, 2.05) is 30.3 Å². The third-order valence-electron chi connectivity index (χ3n) is 2.57. The van der Waals surface area contributed by atoms with Gasteiger partial charge in [-0.1, -0.05) is 48.0 Å². The number of carbonyl (C=O) groups excluding carboxylic acids is 1. The second kappa shape index (κ2) is 5.69. The van der Waals surface area contributed by atoms with Gasteiger partial charge in [0.25, 0.3) is 0 Å². The average molecular weight is 261 g/mol. The summed E-state index contributed by atoms with van der Waals surface area (Å²) in [5.74, 6) is -0.348. The van der Waals surface area contributed by atoms with Crippen LogP contribution in [0.4, 0.5) is 0 Å². The van der Waals surface area contributed by atoms with Gasteiger partial charge in [-0.25, -0.2) is 4.79 Å². The number of benzene rings is 2. The maximum Gasteiger partial charge on any atom is 0.338 e. The first-order valence-electron chi connectivity index (χ1n) is 5.75. The number of carbonyl (C=O) groups is 1. The Kier molecular flexibility index (Phi) is 4.00. The zero-order valence-corrected chi connectivity index (χ0v) is 10.8. The van der Waals surface area contributed by atoms with E-state index in [0.29, 0.717) is 17.2 Å². The molecular formula is C15H13ClO2. The molecule has 0 saturated carbocycles. The van der Waals surface area contributed by atoms with Crippen molar-refractivity contribution < 1.29 is 9.53 Å². The molecule has 2 rings (SSSR count). The number of ether oxygens (including phenoxy) is 1. The van der Waals surface area contributed by atoms with Crippen LogP contribution in [-0.4, -0.2) is 12.6 Å². The molecule has 18 heavy (non-hydrogen) atoms. The Balaban J connectivity index is 2.55. The molecule has 0 saturated heterocycles. The molecular weight excluding hydrogens is 248 g/mol. The molecule has 0 aliphatic carbocycles. The van der Waals surface area contributed by atoms with Crippen LogP contribution in [0.25, 0.3) is 11.1 Å². The SMILES string of the molecule is CCOC(=O)c1cccc(Cl)c1-c1ccccc1. The predicted octanol–water partition coefficient (Wildman–Crippen LogP) is 4.18. The molecule has 0 atom stereocenters. The standard InChI is InChI=1S/C15H13ClO2/c1-2-18-15(17)12-9-6-10-13(16)14(12)11-7-4-3-5-8-11/h3-10H,2H2,1H3.